The van der Waals surface area contributed by atoms with Crippen molar-refractivity contribution in [3.63, 3.8) is 0 Å². The van der Waals surface area contributed by atoms with Gasteiger partial charge in [0, 0.05) is 17.9 Å². The molecule has 0 aliphatic rings. The van der Waals surface area contributed by atoms with Gasteiger partial charge in [-0.15, -0.1) is 0 Å². The first kappa shape index (κ1) is 15.7. The van der Waals surface area contributed by atoms with Crippen LogP contribution in [0.2, 0.25) is 0 Å². The second-order valence-electron chi connectivity index (χ2n) is 3.52. The average molecular weight is 534 g/mol. The number of rotatable bonds is 2. The molecule has 0 heterocycles. The minimum absolute atomic E-state index is 0.145. The van der Waals surface area contributed by atoms with Crippen LogP contribution in [0.25, 0.3) is 0 Å². The molecule has 7 heteroatoms. The Morgan fingerprint density at radius 3 is 1.42 bits per heavy atom. The van der Waals surface area contributed by atoms with E-state index in [4.69, 9.17) is 0 Å². The Kier molecular flexibility index (Phi) is 5.28. The lowest BCUT2D eigenvalue weighted by atomic mass is 10.3. The summed E-state index contributed by atoms with van der Waals surface area (Å²) in [7, 11) is 0. The molecular formula is C12H6Br4O2S. The van der Waals surface area contributed by atoms with E-state index in [1.165, 1.54) is 11.8 Å². The molecule has 0 aromatic heterocycles. The summed E-state index contributed by atoms with van der Waals surface area (Å²) >= 11 is 14.9. The Morgan fingerprint density at radius 2 is 1.05 bits per heavy atom. The summed E-state index contributed by atoms with van der Waals surface area (Å²) in [5.74, 6) is 0.290. The zero-order valence-corrected chi connectivity index (χ0v) is 16.3. The fourth-order valence-corrected chi connectivity index (χ4v) is 4.37. The van der Waals surface area contributed by atoms with Crippen LogP contribution in [0.1, 0.15) is 0 Å². The summed E-state index contributed by atoms with van der Waals surface area (Å²) in [6.45, 7) is 0. The molecule has 2 rings (SSSR count). The van der Waals surface area contributed by atoms with Crippen molar-refractivity contribution in [2.24, 2.45) is 0 Å². The minimum atomic E-state index is 0.145. The molecule has 0 bridgehead atoms. The van der Waals surface area contributed by atoms with E-state index in [0.29, 0.717) is 9.79 Å². The molecule has 0 saturated carbocycles. The lowest BCUT2D eigenvalue weighted by Crippen LogP contribution is -1.83. The number of phenolic OH excluding ortho intramolecular Hbond substituents is 2. The van der Waals surface area contributed by atoms with Crippen LogP contribution in [0, 0.1) is 0 Å². The van der Waals surface area contributed by atoms with Crippen molar-refractivity contribution in [2.45, 2.75) is 9.79 Å². The Morgan fingerprint density at radius 1 is 0.684 bits per heavy atom. The summed E-state index contributed by atoms with van der Waals surface area (Å²) in [4.78, 5) is 1.26. The highest BCUT2D eigenvalue weighted by Crippen LogP contribution is 2.49. The van der Waals surface area contributed by atoms with Gasteiger partial charge in [-0.05, 0) is 88.0 Å². The quantitative estimate of drug-likeness (QED) is 0.476. The van der Waals surface area contributed by atoms with Gasteiger partial charge in [0.1, 0.15) is 11.5 Å². The minimum Gasteiger partial charge on any atom is -0.507 e. The number of phenols is 2. The maximum atomic E-state index is 9.95. The summed E-state index contributed by atoms with van der Waals surface area (Å²) in [6.07, 6.45) is 0. The van der Waals surface area contributed by atoms with E-state index in [0.717, 1.165) is 17.9 Å². The van der Waals surface area contributed by atoms with Gasteiger partial charge in [0.2, 0.25) is 0 Å². The SMILES string of the molecule is Oc1ccc(Br)c(Br)c1Sc1c(O)ccc(Br)c1Br. The number of aromatic hydroxyl groups is 2. The van der Waals surface area contributed by atoms with Crippen molar-refractivity contribution in [1.82, 2.24) is 0 Å². The zero-order chi connectivity index (χ0) is 14.2. The molecule has 0 atom stereocenters. The van der Waals surface area contributed by atoms with Gasteiger partial charge in [0.15, 0.2) is 0 Å². The van der Waals surface area contributed by atoms with Gasteiger partial charge in [-0.2, -0.15) is 0 Å². The fourth-order valence-electron chi connectivity index (χ4n) is 1.34. The molecule has 0 spiro atoms. The van der Waals surface area contributed by atoms with Crippen molar-refractivity contribution < 1.29 is 10.2 Å². The Hall–Kier alpha value is 0.310. The van der Waals surface area contributed by atoms with Crippen LogP contribution < -0.4 is 0 Å². The molecule has 0 unspecified atom stereocenters. The van der Waals surface area contributed by atoms with Crippen LogP contribution in [0.4, 0.5) is 0 Å². The van der Waals surface area contributed by atoms with Crippen molar-refractivity contribution in [2.75, 3.05) is 0 Å². The molecule has 2 aromatic rings. The first-order valence-electron chi connectivity index (χ1n) is 4.93. The molecular weight excluding hydrogens is 528 g/mol. The van der Waals surface area contributed by atoms with Crippen molar-refractivity contribution in [3.05, 3.63) is 42.2 Å². The highest BCUT2D eigenvalue weighted by molar-refractivity contribution is 9.13. The van der Waals surface area contributed by atoms with E-state index in [1.807, 2.05) is 0 Å². The number of benzene rings is 2. The summed E-state index contributed by atoms with van der Waals surface area (Å²) in [5.41, 5.74) is 0. The molecule has 100 valence electrons. The Bertz CT molecular complexity index is 591. The third kappa shape index (κ3) is 3.32. The average Bonchev–Trinajstić information content (AvgIpc) is 2.38. The van der Waals surface area contributed by atoms with Gasteiger partial charge in [0.05, 0.1) is 9.79 Å². The lowest BCUT2D eigenvalue weighted by Gasteiger charge is -2.12. The third-order valence-electron chi connectivity index (χ3n) is 2.26. The lowest BCUT2D eigenvalue weighted by molar-refractivity contribution is 0.458. The van der Waals surface area contributed by atoms with Gasteiger partial charge >= 0.3 is 0 Å². The van der Waals surface area contributed by atoms with Crippen LogP contribution in [-0.2, 0) is 0 Å². The maximum Gasteiger partial charge on any atom is 0.130 e. The van der Waals surface area contributed by atoms with Crippen molar-refractivity contribution in [1.29, 1.82) is 0 Å². The molecule has 2 N–H and O–H groups in total. The van der Waals surface area contributed by atoms with Gasteiger partial charge in [-0.1, -0.05) is 11.8 Å². The zero-order valence-electron chi connectivity index (χ0n) is 9.12. The standard InChI is InChI=1S/C12H6Br4O2S/c13-5-1-3-7(17)11(9(5)15)19-12-8(18)4-2-6(14)10(12)16/h1-4,17-18H. The predicted molar refractivity (Wildman–Crippen MR) is 91.1 cm³/mol. The van der Waals surface area contributed by atoms with Gasteiger partial charge in [-0.3, -0.25) is 0 Å². The molecule has 2 aromatic carbocycles. The Labute approximate surface area is 148 Å². The fraction of sp³-hybridized carbons (Fsp3) is 0. The molecule has 2 nitrogen and oxygen atoms in total. The summed E-state index contributed by atoms with van der Waals surface area (Å²) < 4.78 is 3.14. The molecule has 0 saturated heterocycles. The van der Waals surface area contributed by atoms with E-state index >= 15 is 0 Å². The predicted octanol–water partition coefficient (Wildman–Crippen LogP) is 6.30. The van der Waals surface area contributed by atoms with Gasteiger partial charge < -0.3 is 10.2 Å². The van der Waals surface area contributed by atoms with Gasteiger partial charge in [-0.25, -0.2) is 0 Å². The second-order valence-corrected chi connectivity index (χ2v) is 7.84. The summed E-state index contributed by atoms with van der Waals surface area (Å²) in [5, 5.41) is 19.9. The first-order valence-corrected chi connectivity index (χ1v) is 8.92. The second kappa shape index (κ2) is 6.39. The molecule has 19 heavy (non-hydrogen) atoms. The molecule has 0 fully saturated rings. The maximum absolute atomic E-state index is 9.95. The molecule has 0 aliphatic carbocycles. The normalized spacial score (nSPS) is 10.7. The third-order valence-corrected chi connectivity index (χ3v) is 8.06. The van der Waals surface area contributed by atoms with Gasteiger partial charge in [0.25, 0.3) is 0 Å². The van der Waals surface area contributed by atoms with Crippen LogP contribution in [0.5, 0.6) is 11.5 Å². The van der Waals surface area contributed by atoms with Crippen LogP contribution in [-0.4, -0.2) is 10.2 Å². The smallest absolute Gasteiger partial charge is 0.130 e. The van der Waals surface area contributed by atoms with Crippen molar-refractivity contribution >= 4 is 75.5 Å². The molecule has 0 amide bonds. The number of hydrogen-bond donors (Lipinski definition) is 2. The van der Waals surface area contributed by atoms with Crippen LogP contribution in [0.3, 0.4) is 0 Å². The topological polar surface area (TPSA) is 40.5 Å². The Balaban J connectivity index is 2.54. The summed E-state index contributed by atoms with van der Waals surface area (Å²) in [6, 6.07) is 6.69. The van der Waals surface area contributed by atoms with Crippen LogP contribution in [0.15, 0.2) is 51.9 Å². The van der Waals surface area contributed by atoms with E-state index in [2.05, 4.69) is 63.7 Å². The van der Waals surface area contributed by atoms with Crippen LogP contribution >= 0.6 is 75.5 Å². The largest absolute Gasteiger partial charge is 0.507 e. The highest BCUT2D eigenvalue weighted by atomic mass is 79.9. The van der Waals surface area contributed by atoms with E-state index < -0.39 is 0 Å². The van der Waals surface area contributed by atoms with E-state index in [1.54, 1.807) is 24.3 Å². The number of halogens is 4. The monoisotopic (exact) mass is 530 g/mol. The first-order chi connectivity index (χ1) is 8.91. The molecule has 0 radical (unpaired) electrons. The molecule has 0 aliphatic heterocycles. The van der Waals surface area contributed by atoms with E-state index in [9.17, 15) is 10.2 Å². The highest BCUT2D eigenvalue weighted by Gasteiger charge is 2.17. The van der Waals surface area contributed by atoms with E-state index in [-0.39, 0.29) is 11.5 Å². The van der Waals surface area contributed by atoms with Crippen molar-refractivity contribution in [3.8, 4) is 11.5 Å². The number of hydrogen-bond acceptors (Lipinski definition) is 3.